The number of carbonyl (C=O) groups excluding carboxylic acids is 3. The van der Waals surface area contributed by atoms with Crippen molar-refractivity contribution in [3.05, 3.63) is 23.3 Å². The first-order chi connectivity index (χ1) is 18.0. The van der Waals surface area contributed by atoms with E-state index in [4.69, 9.17) is 14.2 Å². The number of epoxide rings is 1. The molecule has 38 heavy (non-hydrogen) atoms. The fraction of sp³-hybridized carbons (Fsp3) is 0.774. The Morgan fingerprint density at radius 2 is 2.00 bits per heavy atom. The Kier molecular flexibility index (Phi) is 6.05. The van der Waals surface area contributed by atoms with Crippen LogP contribution < -0.4 is 0 Å². The molecule has 1 N–H and O–H groups in total. The average molecular weight is 527 g/mol. The number of fused-ring (bicyclic) bond motifs is 4. The third-order valence-electron chi connectivity index (χ3n) is 12.0. The molecule has 6 aliphatic rings. The van der Waals surface area contributed by atoms with Crippen molar-refractivity contribution in [2.24, 2.45) is 40.4 Å². The van der Waals surface area contributed by atoms with Crippen molar-refractivity contribution < 1.29 is 33.7 Å². The minimum Gasteiger partial charge on any atom is -0.458 e. The Balaban J connectivity index is 1.29. The molecule has 1 saturated heterocycles. The molecule has 0 aromatic heterocycles. The van der Waals surface area contributed by atoms with E-state index >= 15 is 0 Å². The molecule has 0 aromatic carbocycles. The summed E-state index contributed by atoms with van der Waals surface area (Å²) in [6.45, 7) is 9.84. The number of ketones is 1. The number of hydrogen-bond acceptors (Lipinski definition) is 7. The number of aliphatic hydroxyl groups is 1. The zero-order chi connectivity index (χ0) is 27.2. The van der Waals surface area contributed by atoms with Gasteiger partial charge in [0, 0.05) is 18.9 Å². The van der Waals surface area contributed by atoms with Crippen molar-refractivity contribution in [1.29, 1.82) is 0 Å². The molecule has 3 saturated carbocycles. The van der Waals surface area contributed by atoms with E-state index in [9.17, 15) is 19.5 Å². The second-order valence-electron chi connectivity index (χ2n) is 13.2. The summed E-state index contributed by atoms with van der Waals surface area (Å²) in [6.07, 6.45) is 8.51. The third-order valence-corrected chi connectivity index (χ3v) is 12.0. The van der Waals surface area contributed by atoms with Gasteiger partial charge in [-0.3, -0.25) is 9.59 Å². The molecule has 11 atom stereocenters. The van der Waals surface area contributed by atoms with Gasteiger partial charge in [-0.2, -0.15) is 0 Å². The van der Waals surface area contributed by atoms with Crippen molar-refractivity contribution in [3.8, 4) is 0 Å². The number of aliphatic hydroxyl groups excluding tert-OH is 1. The predicted molar refractivity (Wildman–Crippen MR) is 139 cm³/mol. The monoisotopic (exact) mass is 526 g/mol. The maximum Gasteiger partial charge on any atom is 0.334 e. The van der Waals surface area contributed by atoms with Gasteiger partial charge in [-0.25, -0.2) is 4.79 Å². The summed E-state index contributed by atoms with van der Waals surface area (Å²) in [5, 5.41) is 10.9. The van der Waals surface area contributed by atoms with Crippen LogP contribution in [0.15, 0.2) is 23.3 Å². The lowest BCUT2D eigenvalue weighted by Gasteiger charge is -2.58. The molecule has 0 radical (unpaired) electrons. The fourth-order valence-electron chi connectivity index (χ4n) is 10.3. The Morgan fingerprint density at radius 3 is 2.66 bits per heavy atom. The van der Waals surface area contributed by atoms with Gasteiger partial charge in [0.05, 0.1) is 18.1 Å². The Labute approximate surface area is 225 Å². The maximum absolute atomic E-state index is 13.6. The molecule has 0 bridgehead atoms. The van der Waals surface area contributed by atoms with Crippen molar-refractivity contribution in [2.75, 3.05) is 6.61 Å². The molecule has 2 heterocycles. The van der Waals surface area contributed by atoms with Gasteiger partial charge in [-0.05, 0) is 92.6 Å². The van der Waals surface area contributed by atoms with E-state index in [1.165, 1.54) is 13.0 Å². The second-order valence-corrected chi connectivity index (χ2v) is 13.2. The predicted octanol–water partition coefficient (Wildman–Crippen LogP) is 4.31. The molecule has 2 aliphatic heterocycles. The summed E-state index contributed by atoms with van der Waals surface area (Å²) in [4.78, 5) is 38.2. The van der Waals surface area contributed by atoms with E-state index in [0.29, 0.717) is 18.3 Å². The summed E-state index contributed by atoms with van der Waals surface area (Å²) < 4.78 is 18.0. The molecular formula is C31H42O7. The van der Waals surface area contributed by atoms with E-state index in [1.54, 1.807) is 6.08 Å². The number of carbonyl (C=O) groups is 3. The van der Waals surface area contributed by atoms with E-state index in [-0.39, 0.29) is 53.7 Å². The van der Waals surface area contributed by atoms with Gasteiger partial charge in [-0.1, -0.05) is 26.3 Å². The van der Waals surface area contributed by atoms with E-state index < -0.39 is 23.1 Å². The van der Waals surface area contributed by atoms with Gasteiger partial charge < -0.3 is 19.3 Å². The summed E-state index contributed by atoms with van der Waals surface area (Å²) in [6, 6.07) is 0. The van der Waals surface area contributed by atoms with Crippen LogP contribution >= 0.6 is 0 Å². The molecule has 4 fully saturated rings. The normalized spacial score (nSPS) is 47.9. The van der Waals surface area contributed by atoms with Crippen LogP contribution in [0.5, 0.6) is 0 Å². The first kappa shape index (κ1) is 26.2. The maximum atomic E-state index is 13.6. The van der Waals surface area contributed by atoms with Gasteiger partial charge in [-0.15, -0.1) is 0 Å². The molecular weight excluding hydrogens is 484 g/mol. The lowest BCUT2D eigenvalue weighted by atomic mass is 9.44. The van der Waals surface area contributed by atoms with Gasteiger partial charge in [0.2, 0.25) is 0 Å². The summed E-state index contributed by atoms with van der Waals surface area (Å²) in [5.41, 5.74) is 0.0418. The first-order valence-electron chi connectivity index (χ1n) is 14.6. The molecule has 4 aliphatic carbocycles. The highest BCUT2D eigenvalue weighted by atomic mass is 16.7. The Bertz CT molecular complexity index is 1120. The van der Waals surface area contributed by atoms with Gasteiger partial charge >= 0.3 is 11.9 Å². The fourth-order valence-corrected chi connectivity index (χ4v) is 10.3. The smallest absolute Gasteiger partial charge is 0.334 e. The lowest BCUT2D eigenvalue weighted by Crippen LogP contribution is -2.67. The van der Waals surface area contributed by atoms with Crippen LogP contribution in [0.1, 0.15) is 79.6 Å². The van der Waals surface area contributed by atoms with Crippen molar-refractivity contribution in [3.63, 3.8) is 0 Å². The Hall–Kier alpha value is -1.99. The van der Waals surface area contributed by atoms with Crippen molar-refractivity contribution >= 4 is 17.7 Å². The first-order valence-corrected chi connectivity index (χ1v) is 14.6. The molecule has 1 spiro atoms. The number of ether oxygens (including phenoxy) is 3. The highest BCUT2D eigenvalue weighted by Gasteiger charge is 2.82. The SMILES string of the molecule is CCC1=C(C)C[C@H]([C@@H](C)C2CC[C@H]3[C@@H]4C[C@H]5O[C@]56[C@@H](OC(C)=O)C=CC(=O)[C@]6(CO)[C@H]4CC[C@]23C)OC1=O. The average Bonchev–Trinajstić information content (AvgIpc) is 3.49. The standard InChI is InChI=1S/C31H42O7/c1-6-19-16(2)13-24(37-28(19)35)17(3)21-7-8-22-20-14-27-31(38-27)26(36-18(4)33)10-9-25(34)30(31,15-32)23(20)11-12-29(21,22)5/h9-10,17,20-24,26-27,32H,6-8,11-15H2,1-5H3/t17-,20-,21?,22-,23-,24+,26-,27+,29+,30-,31+/m0/s1. The summed E-state index contributed by atoms with van der Waals surface area (Å²) >= 11 is 0. The second kappa shape index (κ2) is 8.76. The molecule has 7 nitrogen and oxygen atoms in total. The molecule has 6 rings (SSSR count). The zero-order valence-corrected chi connectivity index (χ0v) is 23.3. The van der Waals surface area contributed by atoms with Crippen molar-refractivity contribution in [1.82, 2.24) is 0 Å². The molecule has 0 amide bonds. The minimum absolute atomic E-state index is 0.0151. The lowest BCUT2D eigenvalue weighted by molar-refractivity contribution is -0.174. The minimum atomic E-state index is -1.07. The zero-order valence-electron chi connectivity index (χ0n) is 23.3. The number of allylic oxidation sites excluding steroid dienone is 1. The van der Waals surface area contributed by atoms with Gasteiger partial charge in [0.1, 0.15) is 6.10 Å². The largest absolute Gasteiger partial charge is 0.458 e. The van der Waals surface area contributed by atoms with Crippen LogP contribution in [0.25, 0.3) is 0 Å². The van der Waals surface area contributed by atoms with Crippen LogP contribution in [0.3, 0.4) is 0 Å². The quantitative estimate of drug-likeness (QED) is 0.421. The Morgan fingerprint density at radius 1 is 1.24 bits per heavy atom. The number of rotatable bonds is 5. The van der Waals surface area contributed by atoms with Crippen LogP contribution in [0.4, 0.5) is 0 Å². The topological polar surface area (TPSA) is 102 Å². The summed E-state index contributed by atoms with van der Waals surface area (Å²) in [7, 11) is 0. The molecule has 1 unspecified atom stereocenters. The van der Waals surface area contributed by atoms with Gasteiger partial charge in [0.15, 0.2) is 17.5 Å². The summed E-state index contributed by atoms with van der Waals surface area (Å²) in [5.74, 6) is 0.681. The van der Waals surface area contributed by atoms with Crippen LogP contribution in [0.2, 0.25) is 0 Å². The number of cyclic esters (lactones) is 1. The van der Waals surface area contributed by atoms with Crippen LogP contribution in [0, 0.1) is 40.4 Å². The molecule has 0 aromatic rings. The van der Waals surface area contributed by atoms with Crippen LogP contribution in [-0.4, -0.2) is 53.3 Å². The number of hydrogen-bond donors (Lipinski definition) is 1. The van der Waals surface area contributed by atoms with Gasteiger partial charge in [0.25, 0.3) is 0 Å². The number of esters is 2. The highest BCUT2D eigenvalue weighted by Crippen LogP contribution is 2.73. The van der Waals surface area contributed by atoms with E-state index in [1.807, 2.05) is 6.92 Å². The van der Waals surface area contributed by atoms with Crippen LogP contribution in [-0.2, 0) is 28.6 Å². The highest BCUT2D eigenvalue weighted by molar-refractivity contribution is 5.99. The third kappa shape index (κ3) is 3.24. The molecule has 208 valence electrons. The molecule has 7 heteroatoms. The van der Waals surface area contributed by atoms with E-state index in [2.05, 4.69) is 20.8 Å². The van der Waals surface area contributed by atoms with E-state index in [0.717, 1.165) is 49.7 Å². The van der Waals surface area contributed by atoms with Crippen molar-refractivity contribution in [2.45, 2.75) is 103 Å².